The largest absolute Gasteiger partial charge is 0.472 e. The molecule has 3 rings (SSSR count). The molecule has 3 N–H and O–H groups in total. The topological polar surface area (TPSA) is 97.4 Å². The van der Waals surface area contributed by atoms with Gasteiger partial charge in [-0.25, -0.2) is 0 Å². The summed E-state index contributed by atoms with van der Waals surface area (Å²) in [7, 11) is 1.67. The third-order valence-electron chi connectivity index (χ3n) is 5.83. The van der Waals surface area contributed by atoms with E-state index in [9.17, 15) is 27.9 Å². The normalized spacial score (nSPS) is 15.8. The van der Waals surface area contributed by atoms with E-state index in [1.807, 2.05) is 40.1 Å². The van der Waals surface area contributed by atoms with Gasteiger partial charge in [0.1, 0.15) is 0 Å². The first-order chi connectivity index (χ1) is 17.2. The van der Waals surface area contributed by atoms with Crippen molar-refractivity contribution in [2.45, 2.75) is 19.1 Å². The van der Waals surface area contributed by atoms with E-state index in [1.165, 1.54) is 17.6 Å². The highest BCUT2D eigenvalue weighted by Crippen LogP contribution is 2.22. The van der Waals surface area contributed by atoms with Crippen molar-refractivity contribution >= 4 is 17.5 Å². The Bertz CT molecular complexity index is 983. The van der Waals surface area contributed by atoms with Gasteiger partial charge in [0.15, 0.2) is 6.35 Å². The maximum absolute atomic E-state index is 12.3. The molecule has 2 aromatic carbocycles. The molecule has 2 amide bonds. The minimum Gasteiger partial charge on any atom is -0.383 e. The molecular formula is C24H30F3N5O4. The molecule has 1 heterocycles. The number of aliphatic hydroxyl groups is 1. The number of methoxy groups -OCH3 is 1. The number of ether oxygens (including phenoxy) is 1. The Morgan fingerprint density at radius 1 is 1.03 bits per heavy atom. The van der Waals surface area contributed by atoms with Crippen LogP contribution >= 0.6 is 0 Å². The van der Waals surface area contributed by atoms with Crippen LogP contribution < -0.4 is 15.8 Å². The second-order valence-electron chi connectivity index (χ2n) is 8.28. The van der Waals surface area contributed by atoms with E-state index in [2.05, 4.69) is 4.90 Å². The molecule has 1 unspecified atom stereocenters. The van der Waals surface area contributed by atoms with Gasteiger partial charge < -0.3 is 14.7 Å². The second-order valence-corrected chi connectivity index (χ2v) is 8.28. The summed E-state index contributed by atoms with van der Waals surface area (Å²) >= 11 is 0. The van der Waals surface area contributed by atoms with E-state index in [1.54, 1.807) is 24.7 Å². The zero-order valence-corrected chi connectivity index (χ0v) is 19.9. The summed E-state index contributed by atoms with van der Waals surface area (Å²) in [5.41, 5.74) is 4.72. The number of carbonyl (C=O) groups excluding carboxylic acids is 2. The predicted molar refractivity (Wildman–Crippen MR) is 127 cm³/mol. The minimum absolute atomic E-state index is 0.0696. The summed E-state index contributed by atoms with van der Waals surface area (Å²) in [4.78, 5) is 29.1. The van der Waals surface area contributed by atoms with Crippen LogP contribution in [-0.4, -0.2) is 85.7 Å². The number of hydrogen-bond acceptors (Lipinski definition) is 7. The van der Waals surface area contributed by atoms with Crippen LogP contribution in [0.3, 0.4) is 0 Å². The minimum atomic E-state index is -5.10. The number of para-hydroxylation sites is 1. The highest BCUT2D eigenvalue weighted by atomic mass is 19.4. The summed E-state index contributed by atoms with van der Waals surface area (Å²) in [5, 5.41) is 11.3. The highest BCUT2D eigenvalue weighted by molar-refractivity contribution is 5.95. The van der Waals surface area contributed by atoms with Crippen molar-refractivity contribution < 1.29 is 32.6 Å². The Kier molecular flexibility index (Phi) is 9.65. The SMILES string of the molecule is COCCN1CCN(C(O)N(Cc2ccc(C(=O)NNC(=O)C(F)(F)F)cc2)c2ccccc2)CC1. The van der Waals surface area contributed by atoms with Crippen LogP contribution in [0, 0.1) is 0 Å². The number of benzene rings is 2. The fraction of sp³-hybridized carbons (Fsp3) is 0.417. The lowest BCUT2D eigenvalue weighted by Gasteiger charge is -2.42. The fourth-order valence-corrected chi connectivity index (χ4v) is 3.78. The van der Waals surface area contributed by atoms with Crippen LogP contribution in [0.4, 0.5) is 18.9 Å². The monoisotopic (exact) mass is 509 g/mol. The molecule has 12 heteroatoms. The van der Waals surface area contributed by atoms with E-state index >= 15 is 0 Å². The number of piperazine rings is 1. The summed E-state index contributed by atoms with van der Waals surface area (Å²) in [6.45, 7) is 4.77. The van der Waals surface area contributed by atoms with Gasteiger partial charge >= 0.3 is 12.1 Å². The van der Waals surface area contributed by atoms with E-state index in [0.717, 1.165) is 30.9 Å². The maximum Gasteiger partial charge on any atom is 0.472 e. The summed E-state index contributed by atoms with van der Waals surface area (Å²) in [6, 6.07) is 15.6. The van der Waals surface area contributed by atoms with Gasteiger partial charge in [0, 0.05) is 57.6 Å². The Hall–Kier alpha value is -3.19. The van der Waals surface area contributed by atoms with Crippen molar-refractivity contribution in [1.82, 2.24) is 20.7 Å². The first-order valence-corrected chi connectivity index (χ1v) is 11.4. The number of aliphatic hydroxyl groups excluding tert-OH is 1. The number of nitrogens with one attached hydrogen (secondary N) is 2. The Balaban J connectivity index is 1.65. The predicted octanol–water partition coefficient (Wildman–Crippen LogP) is 1.56. The van der Waals surface area contributed by atoms with Gasteiger partial charge in [0.05, 0.1) is 6.61 Å². The molecule has 1 aliphatic heterocycles. The standard InChI is InChI=1S/C24H30F3N5O4/c1-36-16-15-30-11-13-31(14-12-30)23(35)32(20-5-3-2-4-6-20)17-18-7-9-19(10-8-18)21(33)28-29-22(34)24(25,26)27/h2-10,23,35H,11-17H2,1H3,(H,28,33)(H,29,34). The van der Waals surface area contributed by atoms with Crippen molar-refractivity contribution in [2.75, 3.05) is 51.3 Å². The number of anilines is 1. The molecule has 0 aromatic heterocycles. The van der Waals surface area contributed by atoms with Crippen LogP contribution in [0.25, 0.3) is 0 Å². The molecule has 0 bridgehead atoms. The van der Waals surface area contributed by atoms with Crippen molar-refractivity contribution in [2.24, 2.45) is 0 Å². The number of alkyl halides is 3. The van der Waals surface area contributed by atoms with Crippen molar-refractivity contribution in [3.8, 4) is 0 Å². The quantitative estimate of drug-likeness (QED) is 0.349. The molecule has 0 radical (unpaired) electrons. The van der Waals surface area contributed by atoms with Crippen LogP contribution in [0.5, 0.6) is 0 Å². The van der Waals surface area contributed by atoms with E-state index in [0.29, 0.717) is 26.2 Å². The number of carbonyl (C=O) groups is 2. The van der Waals surface area contributed by atoms with Gasteiger partial charge in [-0.3, -0.25) is 30.2 Å². The van der Waals surface area contributed by atoms with Crippen LogP contribution in [0.15, 0.2) is 54.6 Å². The molecule has 0 spiro atoms. The second kappa shape index (κ2) is 12.7. The molecule has 2 aromatic rings. The Labute approximate surface area is 207 Å². The molecule has 1 saturated heterocycles. The number of hydrazine groups is 1. The number of halogens is 3. The number of hydrogen-bond donors (Lipinski definition) is 3. The number of nitrogens with zero attached hydrogens (tertiary/aromatic N) is 3. The average Bonchev–Trinajstić information content (AvgIpc) is 2.89. The van der Waals surface area contributed by atoms with Gasteiger partial charge in [-0.05, 0) is 29.8 Å². The summed E-state index contributed by atoms with van der Waals surface area (Å²) < 4.78 is 42.0. The molecule has 0 aliphatic carbocycles. The lowest BCUT2D eigenvalue weighted by atomic mass is 10.1. The molecule has 9 nitrogen and oxygen atoms in total. The molecule has 36 heavy (non-hydrogen) atoms. The molecule has 0 saturated carbocycles. The fourth-order valence-electron chi connectivity index (χ4n) is 3.78. The summed E-state index contributed by atoms with van der Waals surface area (Å²) in [5.74, 6) is -3.15. The molecular weight excluding hydrogens is 479 g/mol. The maximum atomic E-state index is 12.3. The number of rotatable bonds is 9. The lowest BCUT2D eigenvalue weighted by Crippen LogP contribution is -2.56. The third kappa shape index (κ3) is 7.65. The third-order valence-corrected chi connectivity index (χ3v) is 5.83. The first-order valence-electron chi connectivity index (χ1n) is 11.4. The van der Waals surface area contributed by atoms with Gasteiger partial charge in [0.2, 0.25) is 0 Å². The Morgan fingerprint density at radius 2 is 1.67 bits per heavy atom. The number of amides is 2. The highest BCUT2D eigenvalue weighted by Gasteiger charge is 2.39. The zero-order valence-electron chi connectivity index (χ0n) is 19.9. The average molecular weight is 510 g/mol. The van der Waals surface area contributed by atoms with Gasteiger partial charge in [-0.2, -0.15) is 13.2 Å². The van der Waals surface area contributed by atoms with E-state index < -0.39 is 24.3 Å². The lowest BCUT2D eigenvalue weighted by molar-refractivity contribution is -0.174. The first kappa shape index (κ1) is 27.4. The van der Waals surface area contributed by atoms with Crippen molar-refractivity contribution in [3.63, 3.8) is 0 Å². The van der Waals surface area contributed by atoms with Crippen LogP contribution in [-0.2, 0) is 16.1 Å². The zero-order chi connectivity index (χ0) is 26.1. The van der Waals surface area contributed by atoms with Gasteiger partial charge in [0.25, 0.3) is 5.91 Å². The molecule has 1 aliphatic rings. The van der Waals surface area contributed by atoms with Crippen molar-refractivity contribution in [1.29, 1.82) is 0 Å². The van der Waals surface area contributed by atoms with E-state index in [-0.39, 0.29) is 5.56 Å². The van der Waals surface area contributed by atoms with Crippen LogP contribution in [0.1, 0.15) is 15.9 Å². The van der Waals surface area contributed by atoms with Gasteiger partial charge in [-0.15, -0.1) is 0 Å². The molecule has 1 fully saturated rings. The smallest absolute Gasteiger partial charge is 0.383 e. The van der Waals surface area contributed by atoms with Crippen molar-refractivity contribution in [3.05, 3.63) is 65.7 Å². The summed E-state index contributed by atoms with van der Waals surface area (Å²) in [6.07, 6.45) is -5.99. The van der Waals surface area contributed by atoms with Gasteiger partial charge in [-0.1, -0.05) is 30.3 Å². The molecule has 196 valence electrons. The van der Waals surface area contributed by atoms with Crippen LogP contribution in [0.2, 0.25) is 0 Å². The Morgan fingerprint density at radius 3 is 2.25 bits per heavy atom. The van der Waals surface area contributed by atoms with E-state index in [4.69, 9.17) is 4.74 Å². The molecule has 1 atom stereocenters.